The van der Waals surface area contributed by atoms with Crippen molar-refractivity contribution in [2.45, 2.75) is 44.2 Å². The van der Waals surface area contributed by atoms with E-state index in [1.807, 2.05) is 0 Å². The number of thioether (sulfide) groups is 1. The van der Waals surface area contributed by atoms with E-state index in [2.05, 4.69) is 67.9 Å². The smallest absolute Gasteiger partial charge is 0.0642 e. The van der Waals surface area contributed by atoms with Gasteiger partial charge in [-0.2, -0.15) is 11.8 Å². The van der Waals surface area contributed by atoms with Crippen LogP contribution >= 0.6 is 23.4 Å². The Kier molecular flexibility index (Phi) is 5.65. The first-order chi connectivity index (χ1) is 9.51. The minimum Gasteiger partial charge on any atom is -0.368 e. The van der Waals surface area contributed by atoms with Crippen LogP contribution in [0.5, 0.6) is 0 Å². The minimum absolute atomic E-state index is 0.348. The minimum atomic E-state index is 0.348. The zero-order chi connectivity index (χ0) is 14.7. The van der Waals surface area contributed by atoms with E-state index < -0.39 is 0 Å². The van der Waals surface area contributed by atoms with Crippen LogP contribution in [0.3, 0.4) is 0 Å². The van der Waals surface area contributed by atoms with Gasteiger partial charge in [0.2, 0.25) is 0 Å². The second-order valence-corrected chi connectivity index (χ2v) is 7.94. The summed E-state index contributed by atoms with van der Waals surface area (Å²) in [5.74, 6) is 0. The lowest BCUT2D eigenvalue weighted by atomic mass is 10.1. The van der Waals surface area contributed by atoms with Gasteiger partial charge in [0, 0.05) is 29.6 Å². The monoisotopic (exact) mass is 312 g/mol. The summed E-state index contributed by atoms with van der Waals surface area (Å²) in [5.41, 5.74) is 2.44. The van der Waals surface area contributed by atoms with Gasteiger partial charge >= 0.3 is 0 Å². The molecule has 0 spiro atoms. The largest absolute Gasteiger partial charge is 0.368 e. The quantitative estimate of drug-likeness (QED) is 0.890. The molecule has 0 amide bonds. The molecule has 1 aliphatic heterocycles. The highest BCUT2D eigenvalue weighted by Gasteiger charge is 2.24. The first kappa shape index (κ1) is 16.0. The molecular weight excluding hydrogens is 288 g/mol. The van der Waals surface area contributed by atoms with E-state index in [-0.39, 0.29) is 0 Å². The molecule has 112 valence electrons. The van der Waals surface area contributed by atoms with Crippen LogP contribution in [0, 0.1) is 0 Å². The third-order valence-electron chi connectivity index (χ3n) is 3.74. The van der Waals surface area contributed by atoms with Gasteiger partial charge in [0.1, 0.15) is 0 Å². The lowest BCUT2D eigenvalue weighted by Gasteiger charge is -2.36. The van der Waals surface area contributed by atoms with Crippen LogP contribution in [0.15, 0.2) is 18.2 Å². The molecule has 0 aliphatic carbocycles. The molecule has 1 saturated heterocycles. The van der Waals surface area contributed by atoms with E-state index in [0.717, 1.165) is 24.7 Å². The molecule has 0 saturated carbocycles. The Bertz CT molecular complexity index is 442. The summed E-state index contributed by atoms with van der Waals surface area (Å²) in [6.45, 7) is 12.0. The number of nitrogens with one attached hydrogen (secondary N) is 1. The van der Waals surface area contributed by atoms with Gasteiger partial charge in [-0.1, -0.05) is 38.4 Å². The number of benzene rings is 1. The zero-order valence-corrected chi connectivity index (χ0v) is 14.4. The first-order valence-electron chi connectivity index (χ1n) is 7.44. The SMILES string of the molecule is CCNC(C)c1ccc(N2CC(C)SC(C)C2)c(Cl)c1. The number of nitrogens with zero attached hydrogens (tertiary/aromatic N) is 1. The Hall–Kier alpha value is -0.380. The maximum absolute atomic E-state index is 6.53. The van der Waals surface area contributed by atoms with Crippen molar-refractivity contribution in [2.75, 3.05) is 24.5 Å². The molecule has 1 N–H and O–H groups in total. The molecule has 1 heterocycles. The van der Waals surface area contributed by atoms with E-state index in [9.17, 15) is 0 Å². The predicted octanol–water partition coefficient (Wildman–Crippen LogP) is 4.34. The highest BCUT2D eigenvalue weighted by molar-refractivity contribution is 8.00. The summed E-state index contributed by atoms with van der Waals surface area (Å²) in [5, 5.41) is 5.62. The second kappa shape index (κ2) is 7.06. The van der Waals surface area contributed by atoms with Crippen molar-refractivity contribution < 1.29 is 0 Å². The fourth-order valence-electron chi connectivity index (χ4n) is 2.85. The second-order valence-electron chi connectivity index (χ2n) is 5.65. The molecule has 2 nitrogen and oxygen atoms in total. The van der Waals surface area contributed by atoms with Crippen molar-refractivity contribution in [1.82, 2.24) is 5.32 Å². The molecule has 3 atom stereocenters. The van der Waals surface area contributed by atoms with Gasteiger partial charge in [-0.05, 0) is 31.2 Å². The molecule has 1 aromatic carbocycles. The van der Waals surface area contributed by atoms with E-state index >= 15 is 0 Å². The normalized spacial score (nSPS) is 24.8. The Labute approximate surface area is 132 Å². The standard InChI is InChI=1S/C16H25ClN2S/c1-5-18-13(4)14-6-7-16(15(17)8-14)19-9-11(2)20-12(3)10-19/h6-8,11-13,18H,5,9-10H2,1-4H3. The summed E-state index contributed by atoms with van der Waals surface area (Å²) < 4.78 is 0. The maximum Gasteiger partial charge on any atom is 0.0642 e. The van der Waals surface area contributed by atoms with E-state index in [4.69, 9.17) is 11.6 Å². The number of rotatable bonds is 4. The molecule has 3 unspecified atom stereocenters. The van der Waals surface area contributed by atoms with Crippen LogP contribution in [0.4, 0.5) is 5.69 Å². The van der Waals surface area contributed by atoms with Gasteiger partial charge in [-0.25, -0.2) is 0 Å². The maximum atomic E-state index is 6.53. The molecule has 4 heteroatoms. The predicted molar refractivity (Wildman–Crippen MR) is 92.3 cm³/mol. The number of hydrogen-bond donors (Lipinski definition) is 1. The highest BCUT2D eigenvalue weighted by atomic mass is 35.5. The van der Waals surface area contributed by atoms with E-state index in [1.54, 1.807) is 0 Å². The van der Waals surface area contributed by atoms with E-state index in [1.165, 1.54) is 11.3 Å². The Morgan fingerprint density at radius 3 is 2.55 bits per heavy atom. The van der Waals surface area contributed by atoms with Crippen molar-refractivity contribution >= 4 is 29.1 Å². The number of hydrogen-bond acceptors (Lipinski definition) is 3. The van der Waals surface area contributed by atoms with Crippen LogP contribution in [0.1, 0.15) is 39.3 Å². The topological polar surface area (TPSA) is 15.3 Å². The third-order valence-corrected chi connectivity index (χ3v) is 5.27. The van der Waals surface area contributed by atoms with Gasteiger partial charge in [0.25, 0.3) is 0 Å². The van der Waals surface area contributed by atoms with Crippen molar-refractivity contribution in [2.24, 2.45) is 0 Å². The van der Waals surface area contributed by atoms with Crippen LogP contribution in [-0.4, -0.2) is 30.1 Å². The fraction of sp³-hybridized carbons (Fsp3) is 0.625. The molecule has 1 aliphatic rings. The lowest BCUT2D eigenvalue weighted by Crippen LogP contribution is -2.40. The molecule has 0 bridgehead atoms. The molecule has 2 rings (SSSR count). The first-order valence-corrected chi connectivity index (χ1v) is 8.76. The van der Waals surface area contributed by atoms with Gasteiger partial charge in [0.05, 0.1) is 10.7 Å². The van der Waals surface area contributed by atoms with Crippen molar-refractivity contribution in [1.29, 1.82) is 0 Å². The van der Waals surface area contributed by atoms with Crippen LogP contribution in [0.25, 0.3) is 0 Å². The molecule has 0 aromatic heterocycles. The molecule has 0 radical (unpaired) electrons. The average molecular weight is 313 g/mol. The van der Waals surface area contributed by atoms with Crippen molar-refractivity contribution in [3.63, 3.8) is 0 Å². The Morgan fingerprint density at radius 1 is 1.35 bits per heavy atom. The van der Waals surface area contributed by atoms with Gasteiger partial charge in [0.15, 0.2) is 0 Å². The average Bonchev–Trinajstić information content (AvgIpc) is 2.37. The molecule has 1 aromatic rings. The van der Waals surface area contributed by atoms with Crippen LogP contribution in [-0.2, 0) is 0 Å². The van der Waals surface area contributed by atoms with Crippen molar-refractivity contribution in [3.8, 4) is 0 Å². The fourth-order valence-corrected chi connectivity index (χ4v) is 4.48. The van der Waals surface area contributed by atoms with Crippen molar-refractivity contribution in [3.05, 3.63) is 28.8 Å². The summed E-state index contributed by atoms with van der Waals surface area (Å²) in [7, 11) is 0. The summed E-state index contributed by atoms with van der Waals surface area (Å²) >= 11 is 8.59. The van der Waals surface area contributed by atoms with Gasteiger partial charge < -0.3 is 10.2 Å². The van der Waals surface area contributed by atoms with Gasteiger partial charge in [-0.15, -0.1) is 0 Å². The van der Waals surface area contributed by atoms with Crippen LogP contribution < -0.4 is 10.2 Å². The number of halogens is 1. The summed E-state index contributed by atoms with van der Waals surface area (Å²) in [6.07, 6.45) is 0. The third kappa shape index (κ3) is 3.84. The molecule has 20 heavy (non-hydrogen) atoms. The number of anilines is 1. The van der Waals surface area contributed by atoms with E-state index in [0.29, 0.717) is 16.5 Å². The van der Waals surface area contributed by atoms with Gasteiger partial charge in [-0.3, -0.25) is 0 Å². The summed E-state index contributed by atoms with van der Waals surface area (Å²) in [4.78, 5) is 2.43. The van der Waals surface area contributed by atoms with Crippen LogP contribution in [0.2, 0.25) is 5.02 Å². The Morgan fingerprint density at radius 2 is 2.00 bits per heavy atom. The zero-order valence-electron chi connectivity index (χ0n) is 12.8. The molecular formula is C16H25ClN2S. The molecule has 1 fully saturated rings. The lowest BCUT2D eigenvalue weighted by molar-refractivity contribution is 0.598. The highest BCUT2D eigenvalue weighted by Crippen LogP contribution is 2.34. The summed E-state index contributed by atoms with van der Waals surface area (Å²) in [6, 6.07) is 6.84. The Balaban J connectivity index is 2.17.